The van der Waals surface area contributed by atoms with Gasteiger partial charge in [-0.1, -0.05) is 23.5 Å². The molecule has 1 saturated heterocycles. The average molecular weight is 485 g/mol. The molecule has 0 aliphatic carbocycles. The van der Waals surface area contributed by atoms with Crippen LogP contribution in [-0.2, 0) is 14.8 Å². The van der Waals surface area contributed by atoms with Gasteiger partial charge in [0, 0.05) is 13.1 Å². The van der Waals surface area contributed by atoms with E-state index in [1.165, 1.54) is 17.3 Å². The van der Waals surface area contributed by atoms with E-state index in [0.717, 1.165) is 29.1 Å². The zero-order valence-electron chi connectivity index (χ0n) is 17.6. The summed E-state index contributed by atoms with van der Waals surface area (Å²) in [6.07, 6.45) is 1.70. The molecule has 2 aromatic carbocycles. The highest BCUT2D eigenvalue weighted by molar-refractivity contribution is 7.89. The molecule has 1 atom stereocenters. The van der Waals surface area contributed by atoms with Crippen LogP contribution in [0, 0.1) is 0 Å². The van der Waals surface area contributed by atoms with Gasteiger partial charge in [0.25, 0.3) is 11.8 Å². The van der Waals surface area contributed by atoms with Crippen LogP contribution in [0.4, 0.5) is 5.13 Å². The van der Waals surface area contributed by atoms with Crippen LogP contribution in [0.15, 0.2) is 47.4 Å². The quantitative estimate of drug-likeness (QED) is 0.557. The van der Waals surface area contributed by atoms with Crippen LogP contribution in [-0.4, -0.2) is 59.5 Å². The van der Waals surface area contributed by atoms with Gasteiger partial charge < -0.3 is 5.32 Å². The second-order valence-corrected chi connectivity index (χ2v) is 10.9. The molecule has 5 rings (SSSR count). The van der Waals surface area contributed by atoms with Crippen LogP contribution >= 0.6 is 11.3 Å². The van der Waals surface area contributed by atoms with Crippen molar-refractivity contribution in [1.82, 2.24) is 14.2 Å². The van der Waals surface area contributed by atoms with Crippen LogP contribution in [0.25, 0.3) is 10.2 Å². The number of fused-ring (bicyclic) bond motifs is 2. The first-order valence-electron chi connectivity index (χ1n) is 10.5. The Labute approximate surface area is 194 Å². The molecule has 0 radical (unpaired) electrons. The van der Waals surface area contributed by atoms with Gasteiger partial charge in [-0.25, -0.2) is 13.4 Å². The minimum atomic E-state index is -3.56. The van der Waals surface area contributed by atoms with Crippen molar-refractivity contribution in [3.8, 4) is 0 Å². The van der Waals surface area contributed by atoms with Gasteiger partial charge in [-0.2, -0.15) is 4.31 Å². The zero-order chi connectivity index (χ0) is 23.3. The topological polar surface area (TPSA) is 117 Å². The molecule has 170 valence electrons. The molecule has 3 aromatic rings. The summed E-state index contributed by atoms with van der Waals surface area (Å²) in [7, 11) is -3.56. The molecular weight excluding hydrogens is 464 g/mol. The smallest absolute Gasteiger partial charge is 0.262 e. The number of nitrogens with zero attached hydrogens (tertiary/aromatic N) is 3. The fourth-order valence-corrected chi connectivity index (χ4v) is 6.61. The van der Waals surface area contributed by atoms with Gasteiger partial charge in [0.2, 0.25) is 15.9 Å². The number of carbonyl (C=O) groups excluding carboxylic acids is 3. The number of aromatic nitrogens is 1. The number of hydrogen-bond donors (Lipinski definition) is 1. The Morgan fingerprint density at radius 1 is 1.06 bits per heavy atom. The molecule has 0 bridgehead atoms. The minimum Gasteiger partial charge on any atom is -0.300 e. The number of amides is 3. The lowest BCUT2D eigenvalue weighted by Crippen LogP contribution is -2.45. The van der Waals surface area contributed by atoms with Crippen molar-refractivity contribution in [1.29, 1.82) is 0 Å². The molecule has 0 spiro atoms. The number of carbonyl (C=O) groups is 3. The first-order valence-corrected chi connectivity index (χ1v) is 12.7. The highest BCUT2D eigenvalue weighted by Gasteiger charge is 2.40. The van der Waals surface area contributed by atoms with Crippen molar-refractivity contribution in [2.24, 2.45) is 0 Å². The second kappa shape index (κ2) is 8.01. The lowest BCUT2D eigenvalue weighted by Gasteiger charge is -2.21. The first kappa shape index (κ1) is 21.7. The average Bonchev–Trinajstić information content (AvgIpc) is 3.52. The van der Waals surface area contributed by atoms with Gasteiger partial charge in [0.05, 0.1) is 26.2 Å². The van der Waals surface area contributed by atoms with E-state index in [2.05, 4.69) is 10.3 Å². The number of thiazole rings is 1. The number of nitrogens with one attached hydrogen (secondary N) is 1. The molecular formula is C22H20N4O5S2. The third kappa shape index (κ3) is 3.62. The molecule has 1 N–H and O–H groups in total. The Balaban J connectivity index is 1.35. The number of anilines is 1. The minimum absolute atomic E-state index is 0.192. The number of benzene rings is 2. The predicted molar refractivity (Wildman–Crippen MR) is 123 cm³/mol. The molecule has 11 heteroatoms. The van der Waals surface area contributed by atoms with E-state index in [0.29, 0.717) is 23.3 Å². The lowest BCUT2D eigenvalue weighted by atomic mass is 10.1. The number of sulfonamides is 1. The first-order chi connectivity index (χ1) is 15.8. The monoisotopic (exact) mass is 484 g/mol. The third-order valence-corrected chi connectivity index (χ3v) is 8.71. The highest BCUT2D eigenvalue weighted by Crippen LogP contribution is 2.31. The Kier molecular flexibility index (Phi) is 5.26. The summed E-state index contributed by atoms with van der Waals surface area (Å²) in [4.78, 5) is 43.6. The van der Waals surface area contributed by atoms with E-state index in [9.17, 15) is 22.8 Å². The number of imide groups is 1. The SMILES string of the molecule is CC(C(=O)Nc1nc2ccc(S(=O)(=O)N3CCCC3)cc2s1)N1C(=O)c2ccccc2C1=O. The molecule has 3 heterocycles. The summed E-state index contributed by atoms with van der Waals surface area (Å²) < 4.78 is 27.7. The molecule has 9 nitrogen and oxygen atoms in total. The van der Waals surface area contributed by atoms with Crippen LogP contribution < -0.4 is 5.32 Å². The van der Waals surface area contributed by atoms with Crippen molar-refractivity contribution in [3.05, 3.63) is 53.6 Å². The van der Waals surface area contributed by atoms with Gasteiger partial charge in [-0.15, -0.1) is 0 Å². The zero-order valence-corrected chi connectivity index (χ0v) is 19.3. The Morgan fingerprint density at radius 2 is 1.70 bits per heavy atom. The maximum atomic E-state index is 12.8. The standard InChI is InChI=1S/C22H20N4O5S2/c1-13(26-20(28)15-6-2-3-7-16(15)21(26)29)19(27)24-22-23-17-9-8-14(12-18(17)32-22)33(30,31)25-10-4-5-11-25/h2-3,6-9,12-13H,4-5,10-11H2,1H3,(H,23,24,27). The van der Waals surface area contributed by atoms with Gasteiger partial charge >= 0.3 is 0 Å². The molecule has 1 unspecified atom stereocenters. The van der Waals surface area contributed by atoms with Crippen molar-refractivity contribution in [3.63, 3.8) is 0 Å². The van der Waals surface area contributed by atoms with E-state index in [4.69, 9.17) is 0 Å². The highest BCUT2D eigenvalue weighted by atomic mass is 32.2. The molecule has 2 aliphatic heterocycles. The Hall–Kier alpha value is -3.15. The number of rotatable bonds is 5. The van der Waals surface area contributed by atoms with Crippen LogP contribution in [0.3, 0.4) is 0 Å². The summed E-state index contributed by atoms with van der Waals surface area (Å²) in [5.74, 6) is -1.59. The summed E-state index contributed by atoms with van der Waals surface area (Å²) in [6, 6.07) is 10.1. The van der Waals surface area contributed by atoms with Crippen molar-refractivity contribution < 1.29 is 22.8 Å². The fourth-order valence-electron chi connectivity index (χ4n) is 4.08. The van der Waals surface area contributed by atoms with Crippen molar-refractivity contribution in [2.75, 3.05) is 18.4 Å². The van der Waals surface area contributed by atoms with E-state index in [1.807, 2.05) is 0 Å². The van der Waals surface area contributed by atoms with Crippen LogP contribution in [0.1, 0.15) is 40.5 Å². The Bertz CT molecular complexity index is 1370. The second-order valence-electron chi connectivity index (χ2n) is 7.95. The van der Waals surface area contributed by atoms with Crippen LogP contribution in [0.5, 0.6) is 0 Å². The maximum absolute atomic E-state index is 12.8. The van der Waals surface area contributed by atoms with E-state index in [1.54, 1.807) is 36.4 Å². The molecule has 3 amide bonds. The molecule has 2 aliphatic rings. The predicted octanol–water partition coefficient (Wildman–Crippen LogP) is 2.70. The fraction of sp³-hybridized carbons (Fsp3) is 0.273. The van der Waals surface area contributed by atoms with E-state index < -0.39 is 33.8 Å². The molecule has 1 aromatic heterocycles. The summed E-state index contributed by atoms with van der Waals surface area (Å²) in [5.41, 5.74) is 1.09. The van der Waals surface area contributed by atoms with Gasteiger partial charge in [-0.3, -0.25) is 19.3 Å². The van der Waals surface area contributed by atoms with E-state index in [-0.39, 0.29) is 21.2 Å². The lowest BCUT2D eigenvalue weighted by molar-refractivity contribution is -0.119. The summed E-state index contributed by atoms with van der Waals surface area (Å²) in [6.45, 7) is 2.51. The molecule has 1 fully saturated rings. The van der Waals surface area contributed by atoms with Gasteiger partial charge in [0.1, 0.15) is 6.04 Å². The number of hydrogen-bond acceptors (Lipinski definition) is 7. The summed E-state index contributed by atoms with van der Waals surface area (Å²) >= 11 is 1.13. The largest absolute Gasteiger partial charge is 0.300 e. The van der Waals surface area contributed by atoms with Crippen LogP contribution in [0.2, 0.25) is 0 Å². The van der Waals surface area contributed by atoms with Crippen molar-refractivity contribution in [2.45, 2.75) is 30.7 Å². The summed E-state index contributed by atoms with van der Waals surface area (Å²) in [5, 5.41) is 2.91. The van der Waals surface area contributed by atoms with Gasteiger partial charge in [0.15, 0.2) is 5.13 Å². The Morgan fingerprint density at radius 3 is 2.33 bits per heavy atom. The normalized spacial score (nSPS) is 17.5. The molecule has 33 heavy (non-hydrogen) atoms. The third-order valence-electron chi connectivity index (χ3n) is 5.89. The van der Waals surface area contributed by atoms with Crippen molar-refractivity contribution >= 4 is 54.4 Å². The van der Waals surface area contributed by atoms with Gasteiger partial charge in [-0.05, 0) is 50.1 Å². The maximum Gasteiger partial charge on any atom is 0.262 e. The molecule has 0 saturated carbocycles. The van der Waals surface area contributed by atoms with E-state index >= 15 is 0 Å².